The molecule has 0 saturated heterocycles. The first-order valence-electron chi connectivity index (χ1n) is 7.59. The zero-order chi connectivity index (χ0) is 18.1. The Balaban J connectivity index is 1.68. The van der Waals surface area contributed by atoms with E-state index >= 15 is 0 Å². The first kappa shape index (κ1) is 18.0. The van der Waals surface area contributed by atoms with Crippen LogP contribution in [0, 0.1) is 0 Å². The molecule has 6 nitrogen and oxygen atoms in total. The number of sulfonamides is 1. The van der Waals surface area contributed by atoms with Crippen molar-refractivity contribution in [2.45, 2.75) is 18.3 Å². The van der Waals surface area contributed by atoms with Crippen molar-refractivity contribution in [2.24, 2.45) is 0 Å². The van der Waals surface area contributed by atoms with Crippen LogP contribution in [0.3, 0.4) is 0 Å². The Labute approximate surface area is 151 Å². The molecule has 2 aromatic carbocycles. The van der Waals surface area contributed by atoms with Gasteiger partial charge in [0, 0.05) is 11.6 Å². The minimum absolute atomic E-state index is 0.132. The lowest BCUT2D eigenvalue weighted by Crippen LogP contribution is -2.39. The molecule has 0 amide bonds. The first-order chi connectivity index (χ1) is 11.8. The fraction of sp³-hybridized carbons (Fsp3) is 0.294. The van der Waals surface area contributed by atoms with Gasteiger partial charge >= 0.3 is 0 Å². The molecule has 0 aromatic heterocycles. The molecule has 25 heavy (non-hydrogen) atoms. The maximum Gasteiger partial charge on any atom is 0.231 e. The second kappa shape index (κ2) is 6.84. The molecule has 134 valence electrons. The van der Waals surface area contributed by atoms with Crippen LogP contribution in [0.25, 0.3) is 0 Å². The van der Waals surface area contributed by atoms with Crippen molar-refractivity contribution >= 4 is 21.6 Å². The second-order valence-electron chi connectivity index (χ2n) is 6.05. The van der Waals surface area contributed by atoms with Gasteiger partial charge in [-0.15, -0.1) is 0 Å². The van der Waals surface area contributed by atoms with Crippen LogP contribution in [-0.4, -0.2) is 26.9 Å². The highest BCUT2D eigenvalue weighted by atomic mass is 35.5. The lowest BCUT2D eigenvalue weighted by atomic mass is 9.96. The highest BCUT2D eigenvalue weighted by Gasteiger charge is 2.28. The third-order valence-electron chi connectivity index (χ3n) is 3.88. The number of hydrogen-bond donors (Lipinski definition) is 2. The molecule has 1 unspecified atom stereocenters. The van der Waals surface area contributed by atoms with E-state index in [1.165, 1.54) is 6.92 Å². The van der Waals surface area contributed by atoms with Crippen LogP contribution in [0.15, 0.2) is 42.5 Å². The van der Waals surface area contributed by atoms with Crippen molar-refractivity contribution < 1.29 is 23.0 Å². The summed E-state index contributed by atoms with van der Waals surface area (Å²) in [5.41, 5.74) is -0.299. The molecule has 0 fully saturated rings. The van der Waals surface area contributed by atoms with Gasteiger partial charge in [-0.25, -0.2) is 13.1 Å². The van der Waals surface area contributed by atoms with E-state index in [0.29, 0.717) is 27.6 Å². The Morgan fingerprint density at radius 2 is 1.96 bits per heavy atom. The van der Waals surface area contributed by atoms with Gasteiger partial charge in [0.25, 0.3) is 0 Å². The fourth-order valence-corrected chi connectivity index (χ4v) is 3.92. The van der Waals surface area contributed by atoms with Gasteiger partial charge in [-0.3, -0.25) is 0 Å². The van der Waals surface area contributed by atoms with Crippen LogP contribution >= 0.6 is 11.6 Å². The van der Waals surface area contributed by atoms with Crippen LogP contribution in [0.5, 0.6) is 11.5 Å². The standard InChI is InChI=1S/C17H18ClNO5S/c1-17(20,13-5-6-15-16(8-13)24-11-23-15)10-19-25(21,22)9-12-3-2-4-14(18)7-12/h2-8,19-20H,9-11H2,1H3. The number of ether oxygens (including phenoxy) is 2. The van der Waals surface area contributed by atoms with Gasteiger partial charge in [-0.1, -0.05) is 29.8 Å². The molecule has 0 radical (unpaired) electrons. The molecule has 0 spiro atoms. The maximum absolute atomic E-state index is 12.3. The zero-order valence-electron chi connectivity index (χ0n) is 13.5. The maximum atomic E-state index is 12.3. The lowest BCUT2D eigenvalue weighted by molar-refractivity contribution is 0.0625. The number of nitrogens with one attached hydrogen (secondary N) is 1. The van der Waals surface area contributed by atoms with Crippen molar-refractivity contribution in [1.82, 2.24) is 4.72 Å². The summed E-state index contributed by atoms with van der Waals surface area (Å²) in [5, 5.41) is 11.1. The third kappa shape index (κ3) is 4.43. The quantitative estimate of drug-likeness (QED) is 0.800. The number of fused-ring (bicyclic) bond motifs is 1. The number of halogens is 1. The van der Waals surface area contributed by atoms with Crippen molar-refractivity contribution in [3.8, 4) is 11.5 Å². The van der Waals surface area contributed by atoms with Gasteiger partial charge in [-0.2, -0.15) is 0 Å². The SMILES string of the molecule is CC(O)(CNS(=O)(=O)Cc1cccc(Cl)c1)c1ccc2c(c1)OCO2. The molecule has 1 aliphatic rings. The average Bonchev–Trinajstić information content (AvgIpc) is 3.00. The largest absolute Gasteiger partial charge is 0.454 e. The Morgan fingerprint density at radius 3 is 2.72 bits per heavy atom. The Bertz CT molecular complexity index is 882. The van der Waals surface area contributed by atoms with Crippen LogP contribution in [-0.2, 0) is 21.4 Å². The van der Waals surface area contributed by atoms with E-state index in [1.54, 1.807) is 42.5 Å². The van der Waals surface area contributed by atoms with E-state index in [9.17, 15) is 13.5 Å². The predicted molar refractivity (Wildman–Crippen MR) is 94.2 cm³/mol. The molecule has 8 heteroatoms. The number of benzene rings is 2. The number of rotatable bonds is 6. The molecule has 3 rings (SSSR count). The summed E-state index contributed by atoms with van der Waals surface area (Å²) < 4.78 is 37.5. The van der Waals surface area contributed by atoms with E-state index in [4.69, 9.17) is 21.1 Å². The van der Waals surface area contributed by atoms with E-state index < -0.39 is 15.6 Å². The molecule has 2 N–H and O–H groups in total. The van der Waals surface area contributed by atoms with E-state index in [2.05, 4.69) is 4.72 Å². The summed E-state index contributed by atoms with van der Waals surface area (Å²) in [4.78, 5) is 0. The highest BCUT2D eigenvalue weighted by Crippen LogP contribution is 2.35. The molecule has 2 aromatic rings. The summed E-state index contributed by atoms with van der Waals surface area (Å²) in [6.07, 6.45) is 0. The second-order valence-corrected chi connectivity index (χ2v) is 8.30. The average molecular weight is 384 g/mol. The molecule has 0 saturated carbocycles. The number of aliphatic hydroxyl groups is 1. The van der Waals surface area contributed by atoms with Crippen LogP contribution in [0.1, 0.15) is 18.1 Å². The highest BCUT2D eigenvalue weighted by molar-refractivity contribution is 7.88. The Kier molecular flexibility index (Phi) is 4.92. The van der Waals surface area contributed by atoms with Crippen molar-refractivity contribution in [1.29, 1.82) is 0 Å². The first-order valence-corrected chi connectivity index (χ1v) is 9.62. The van der Waals surface area contributed by atoms with Crippen LogP contribution < -0.4 is 14.2 Å². The predicted octanol–water partition coefficient (Wildman–Crippen LogP) is 2.40. The van der Waals surface area contributed by atoms with Crippen molar-refractivity contribution in [2.75, 3.05) is 13.3 Å². The molecule has 0 bridgehead atoms. The van der Waals surface area contributed by atoms with Gasteiger partial charge in [0.1, 0.15) is 5.60 Å². The summed E-state index contributed by atoms with van der Waals surface area (Å²) >= 11 is 5.87. The van der Waals surface area contributed by atoms with Crippen molar-refractivity contribution in [3.63, 3.8) is 0 Å². The monoisotopic (exact) mass is 383 g/mol. The molecular weight excluding hydrogens is 366 g/mol. The summed E-state index contributed by atoms with van der Waals surface area (Å²) in [5.74, 6) is 0.908. The van der Waals surface area contributed by atoms with Gasteiger partial charge in [0.05, 0.1) is 5.75 Å². The minimum Gasteiger partial charge on any atom is -0.454 e. The summed E-state index contributed by atoms with van der Waals surface area (Å²) in [6.45, 7) is 1.50. The molecule has 1 aliphatic heterocycles. The Hall–Kier alpha value is -1.80. The molecular formula is C17H18ClNO5S. The van der Waals surface area contributed by atoms with Gasteiger partial charge in [-0.05, 0) is 42.3 Å². The van der Waals surface area contributed by atoms with Gasteiger partial charge in [0.2, 0.25) is 16.8 Å². The fourth-order valence-electron chi connectivity index (χ4n) is 2.48. The topological polar surface area (TPSA) is 84.9 Å². The van der Waals surface area contributed by atoms with Gasteiger partial charge in [0.15, 0.2) is 11.5 Å². The van der Waals surface area contributed by atoms with Crippen LogP contribution in [0.4, 0.5) is 0 Å². The Morgan fingerprint density at radius 1 is 1.20 bits per heavy atom. The third-order valence-corrected chi connectivity index (χ3v) is 5.41. The smallest absolute Gasteiger partial charge is 0.231 e. The van der Waals surface area contributed by atoms with E-state index in [0.717, 1.165) is 0 Å². The summed E-state index contributed by atoms with van der Waals surface area (Å²) in [7, 11) is -3.63. The molecule has 0 aliphatic carbocycles. The van der Waals surface area contributed by atoms with E-state index in [1.807, 2.05) is 0 Å². The van der Waals surface area contributed by atoms with Crippen LogP contribution in [0.2, 0.25) is 5.02 Å². The lowest BCUT2D eigenvalue weighted by Gasteiger charge is -2.24. The zero-order valence-corrected chi connectivity index (χ0v) is 15.1. The molecule has 1 heterocycles. The molecule has 1 atom stereocenters. The van der Waals surface area contributed by atoms with Crippen molar-refractivity contribution in [3.05, 3.63) is 58.6 Å². The normalized spacial score (nSPS) is 15.8. The minimum atomic E-state index is -3.63. The number of hydrogen-bond acceptors (Lipinski definition) is 5. The van der Waals surface area contributed by atoms with Gasteiger partial charge < -0.3 is 14.6 Å². The summed E-state index contributed by atoms with van der Waals surface area (Å²) in [6, 6.07) is 11.7. The van der Waals surface area contributed by atoms with E-state index in [-0.39, 0.29) is 19.1 Å².